The van der Waals surface area contributed by atoms with Crippen LogP contribution >= 0.6 is 22.9 Å². The van der Waals surface area contributed by atoms with E-state index in [1.807, 2.05) is 24.3 Å². The van der Waals surface area contributed by atoms with Crippen LogP contribution in [0.5, 0.6) is 0 Å². The summed E-state index contributed by atoms with van der Waals surface area (Å²) in [6.07, 6.45) is 0.300. The number of nitrogens with zero attached hydrogens (tertiary/aromatic N) is 2. The number of anilines is 1. The number of amides is 1. The van der Waals surface area contributed by atoms with Gasteiger partial charge >= 0.3 is 6.01 Å². The summed E-state index contributed by atoms with van der Waals surface area (Å²) in [5, 5.41) is 11.1. The minimum atomic E-state index is -3.32. The first-order chi connectivity index (χ1) is 14.8. The molecule has 7 nitrogen and oxygen atoms in total. The third kappa shape index (κ3) is 4.34. The van der Waals surface area contributed by atoms with Crippen molar-refractivity contribution in [3.63, 3.8) is 0 Å². The highest BCUT2D eigenvalue weighted by Crippen LogP contribution is 2.35. The molecular weight excluding hydrogens is 458 g/mol. The van der Waals surface area contributed by atoms with E-state index in [4.69, 9.17) is 16.0 Å². The first kappa shape index (κ1) is 21.5. The third-order valence-corrected chi connectivity index (χ3v) is 8.50. The van der Waals surface area contributed by atoms with Crippen molar-refractivity contribution in [3.8, 4) is 0 Å². The Kier molecular flexibility index (Phi) is 5.83. The summed E-state index contributed by atoms with van der Waals surface area (Å²) in [5.74, 6) is -0.137. The molecule has 1 amide bonds. The number of halogens is 1. The second kappa shape index (κ2) is 8.41. The molecule has 31 heavy (non-hydrogen) atoms. The van der Waals surface area contributed by atoms with Crippen molar-refractivity contribution in [2.45, 2.75) is 30.4 Å². The lowest BCUT2D eigenvalue weighted by Gasteiger charge is -2.08. The highest BCUT2D eigenvalue weighted by molar-refractivity contribution is 7.92. The summed E-state index contributed by atoms with van der Waals surface area (Å²) in [7, 11) is -3.32. The minimum absolute atomic E-state index is 0.0347. The highest BCUT2D eigenvalue weighted by atomic mass is 35.5. The van der Waals surface area contributed by atoms with Crippen LogP contribution in [-0.4, -0.2) is 29.8 Å². The summed E-state index contributed by atoms with van der Waals surface area (Å²) in [6.45, 7) is 3.28. The van der Waals surface area contributed by atoms with Gasteiger partial charge in [0.15, 0.2) is 9.84 Å². The molecule has 0 aliphatic rings. The maximum absolute atomic E-state index is 12.6. The minimum Gasteiger partial charge on any atom is -0.407 e. The predicted molar refractivity (Wildman–Crippen MR) is 121 cm³/mol. The topological polar surface area (TPSA) is 102 Å². The van der Waals surface area contributed by atoms with Crippen molar-refractivity contribution in [1.82, 2.24) is 10.2 Å². The number of carbonyl (C=O) groups excluding carboxylic acids is 1. The van der Waals surface area contributed by atoms with Crippen LogP contribution in [0.3, 0.4) is 0 Å². The van der Waals surface area contributed by atoms with Gasteiger partial charge in [-0.2, -0.15) is 0 Å². The van der Waals surface area contributed by atoms with Crippen LogP contribution in [-0.2, 0) is 16.3 Å². The number of rotatable bonds is 6. The molecule has 0 atom stereocenters. The molecule has 0 spiro atoms. The SMILES string of the molecule is CC(C)S(=O)(=O)c1ccc(Cc2nnc(NC(=O)c3sc4ccccc4c3Cl)o2)cc1. The summed E-state index contributed by atoms with van der Waals surface area (Å²) >= 11 is 7.62. The van der Waals surface area contributed by atoms with Crippen LogP contribution in [0.15, 0.2) is 57.8 Å². The Morgan fingerprint density at radius 1 is 1.13 bits per heavy atom. The molecule has 0 unspecified atom stereocenters. The van der Waals surface area contributed by atoms with Crippen LogP contribution in [0.4, 0.5) is 6.01 Å². The van der Waals surface area contributed by atoms with Crippen LogP contribution in [0.1, 0.15) is 35.0 Å². The van der Waals surface area contributed by atoms with E-state index in [1.165, 1.54) is 11.3 Å². The normalized spacial score (nSPS) is 11.9. The number of hydrogen-bond donors (Lipinski definition) is 1. The van der Waals surface area contributed by atoms with E-state index < -0.39 is 21.0 Å². The fourth-order valence-corrected chi connectivity index (χ4v) is 5.41. The number of nitrogens with one attached hydrogen (secondary N) is 1. The third-order valence-electron chi connectivity index (χ3n) is 4.66. The van der Waals surface area contributed by atoms with Gasteiger partial charge in [0.1, 0.15) is 4.88 Å². The molecule has 0 aliphatic carbocycles. The van der Waals surface area contributed by atoms with Crippen molar-refractivity contribution in [3.05, 3.63) is 69.9 Å². The molecule has 1 N–H and O–H groups in total. The number of sulfone groups is 1. The molecule has 2 aromatic heterocycles. The summed E-state index contributed by atoms with van der Waals surface area (Å²) in [6, 6.07) is 14.0. The van der Waals surface area contributed by atoms with Crippen LogP contribution < -0.4 is 5.32 Å². The zero-order valence-electron chi connectivity index (χ0n) is 16.6. The lowest BCUT2D eigenvalue weighted by molar-refractivity contribution is 0.102. The number of carbonyl (C=O) groups is 1. The van der Waals surface area contributed by atoms with Gasteiger partial charge in [0.05, 0.1) is 21.6 Å². The van der Waals surface area contributed by atoms with Crippen molar-refractivity contribution >= 4 is 54.8 Å². The molecule has 4 aromatic rings. The van der Waals surface area contributed by atoms with Crippen molar-refractivity contribution in [2.24, 2.45) is 0 Å². The van der Waals surface area contributed by atoms with E-state index in [-0.39, 0.29) is 16.8 Å². The Morgan fingerprint density at radius 3 is 2.52 bits per heavy atom. The average Bonchev–Trinajstić information content (AvgIpc) is 3.32. The number of benzene rings is 2. The number of hydrogen-bond acceptors (Lipinski definition) is 7. The lowest BCUT2D eigenvalue weighted by Crippen LogP contribution is -2.13. The quantitative estimate of drug-likeness (QED) is 0.422. The van der Waals surface area contributed by atoms with Gasteiger partial charge in [-0.25, -0.2) is 8.42 Å². The van der Waals surface area contributed by atoms with Gasteiger partial charge in [0.25, 0.3) is 5.91 Å². The van der Waals surface area contributed by atoms with Crippen molar-refractivity contribution < 1.29 is 17.6 Å². The van der Waals surface area contributed by atoms with Crippen LogP contribution in [0.25, 0.3) is 10.1 Å². The molecule has 0 bridgehead atoms. The summed E-state index contributed by atoms with van der Waals surface area (Å²) in [5.41, 5.74) is 0.803. The summed E-state index contributed by atoms with van der Waals surface area (Å²) in [4.78, 5) is 13.2. The molecule has 160 valence electrons. The van der Waals surface area contributed by atoms with E-state index in [0.717, 1.165) is 15.6 Å². The van der Waals surface area contributed by atoms with Crippen molar-refractivity contribution in [1.29, 1.82) is 0 Å². The number of aromatic nitrogens is 2. The van der Waals surface area contributed by atoms with Gasteiger partial charge in [0.2, 0.25) is 5.89 Å². The second-order valence-corrected chi connectivity index (χ2v) is 11.0. The first-order valence-corrected chi connectivity index (χ1v) is 12.1. The zero-order chi connectivity index (χ0) is 22.2. The van der Waals surface area contributed by atoms with Crippen LogP contribution in [0.2, 0.25) is 5.02 Å². The molecule has 2 aromatic carbocycles. The van der Waals surface area contributed by atoms with Gasteiger partial charge < -0.3 is 4.42 Å². The Labute approximate surface area is 188 Å². The molecule has 10 heteroatoms. The number of thiophene rings is 1. The Balaban J connectivity index is 1.46. The second-order valence-electron chi connectivity index (χ2n) is 7.11. The largest absolute Gasteiger partial charge is 0.407 e. The van der Waals surface area contributed by atoms with Gasteiger partial charge in [-0.15, -0.1) is 16.4 Å². The van der Waals surface area contributed by atoms with E-state index in [1.54, 1.807) is 38.1 Å². The number of fused-ring (bicyclic) bond motifs is 1. The fourth-order valence-electron chi connectivity index (χ4n) is 2.93. The molecular formula is C21H18ClN3O4S2. The van der Waals surface area contributed by atoms with E-state index in [9.17, 15) is 13.2 Å². The lowest BCUT2D eigenvalue weighted by atomic mass is 10.1. The van der Waals surface area contributed by atoms with E-state index in [2.05, 4.69) is 15.5 Å². The molecule has 0 saturated carbocycles. The summed E-state index contributed by atoms with van der Waals surface area (Å²) < 4.78 is 30.9. The Morgan fingerprint density at radius 2 is 1.84 bits per heavy atom. The predicted octanol–water partition coefficient (Wildman–Crippen LogP) is 4.96. The van der Waals surface area contributed by atoms with Crippen LogP contribution in [0, 0.1) is 0 Å². The molecule has 0 fully saturated rings. The fraction of sp³-hybridized carbons (Fsp3) is 0.190. The maximum Gasteiger partial charge on any atom is 0.322 e. The molecule has 4 rings (SSSR count). The van der Waals surface area contributed by atoms with E-state index in [0.29, 0.717) is 16.3 Å². The maximum atomic E-state index is 12.6. The molecule has 0 saturated heterocycles. The first-order valence-electron chi connectivity index (χ1n) is 9.39. The smallest absolute Gasteiger partial charge is 0.322 e. The zero-order valence-corrected chi connectivity index (χ0v) is 19.0. The van der Waals surface area contributed by atoms with Gasteiger partial charge in [-0.3, -0.25) is 10.1 Å². The Hall–Kier alpha value is -2.75. The Bertz CT molecular complexity index is 1360. The van der Waals surface area contributed by atoms with Crippen molar-refractivity contribution in [2.75, 3.05) is 5.32 Å². The molecule has 2 heterocycles. The molecule has 0 aliphatic heterocycles. The standard InChI is InChI=1S/C21H18ClN3O4S2/c1-12(2)31(27,28)14-9-7-13(8-10-14)11-17-24-25-21(29-17)23-20(26)19-18(22)15-5-3-4-6-16(15)30-19/h3-10,12H,11H2,1-2H3,(H,23,25,26). The highest BCUT2D eigenvalue weighted by Gasteiger charge is 2.20. The van der Waals surface area contributed by atoms with Gasteiger partial charge in [-0.05, 0) is 37.6 Å². The van der Waals surface area contributed by atoms with Gasteiger partial charge in [-0.1, -0.05) is 47.0 Å². The average molecular weight is 476 g/mol. The monoisotopic (exact) mass is 475 g/mol. The van der Waals surface area contributed by atoms with Gasteiger partial charge in [0, 0.05) is 10.1 Å². The molecule has 0 radical (unpaired) electrons. The van der Waals surface area contributed by atoms with E-state index >= 15 is 0 Å².